The van der Waals surface area contributed by atoms with Crippen LogP contribution in [0, 0.1) is 0 Å². The standard InChI is InChI=1S/C17H17BrO3/c1-20-17(11-13-5-2-3-8-15(13)19)10-9-12-6-4-7-14(18)16(12)21-17/h2-8,19H,9-11H2,1H3. The van der Waals surface area contributed by atoms with Gasteiger partial charge < -0.3 is 14.6 Å². The number of halogens is 1. The van der Waals surface area contributed by atoms with E-state index in [2.05, 4.69) is 22.0 Å². The van der Waals surface area contributed by atoms with E-state index >= 15 is 0 Å². The Morgan fingerprint density at radius 3 is 2.81 bits per heavy atom. The Balaban J connectivity index is 1.93. The van der Waals surface area contributed by atoms with Crippen molar-refractivity contribution in [2.75, 3.05) is 7.11 Å². The monoisotopic (exact) mass is 348 g/mol. The van der Waals surface area contributed by atoms with E-state index in [-0.39, 0.29) is 5.75 Å². The van der Waals surface area contributed by atoms with E-state index in [1.807, 2.05) is 30.3 Å². The molecule has 1 aliphatic heterocycles. The zero-order chi connectivity index (χ0) is 14.9. The lowest BCUT2D eigenvalue weighted by molar-refractivity contribution is -0.174. The molecule has 0 radical (unpaired) electrons. The Morgan fingerprint density at radius 2 is 2.05 bits per heavy atom. The largest absolute Gasteiger partial charge is 0.508 e. The van der Waals surface area contributed by atoms with Crippen molar-refractivity contribution >= 4 is 15.9 Å². The second kappa shape index (κ2) is 5.70. The van der Waals surface area contributed by atoms with E-state index in [1.165, 1.54) is 5.56 Å². The van der Waals surface area contributed by atoms with Crippen LogP contribution < -0.4 is 4.74 Å². The molecule has 0 saturated carbocycles. The predicted octanol–water partition coefficient (Wildman–Crippen LogP) is 4.07. The van der Waals surface area contributed by atoms with E-state index in [9.17, 15) is 5.11 Å². The van der Waals surface area contributed by atoms with E-state index in [0.29, 0.717) is 6.42 Å². The lowest BCUT2D eigenvalue weighted by atomic mass is 9.94. The molecule has 0 fully saturated rings. The molecule has 0 aromatic heterocycles. The van der Waals surface area contributed by atoms with E-state index in [1.54, 1.807) is 13.2 Å². The molecular formula is C17H17BrO3. The fraction of sp³-hybridized carbons (Fsp3) is 0.294. The van der Waals surface area contributed by atoms with Gasteiger partial charge in [-0.05, 0) is 40.0 Å². The van der Waals surface area contributed by atoms with Crippen molar-refractivity contribution in [3.05, 3.63) is 58.1 Å². The Bertz CT molecular complexity index is 656. The molecule has 2 aromatic rings. The molecular weight excluding hydrogens is 332 g/mol. The minimum Gasteiger partial charge on any atom is -0.508 e. The number of phenols is 1. The number of fused-ring (bicyclic) bond motifs is 1. The fourth-order valence-corrected chi connectivity index (χ4v) is 3.21. The van der Waals surface area contributed by atoms with Crippen LogP contribution in [0.25, 0.3) is 0 Å². The average molecular weight is 349 g/mol. The minimum absolute atomic E-state index is 0.274. The molecule has 1 heterocycles. The second-order valence-electron chi connectivity index (χ2n) is 5.25. The van der Waals surface area contributed by atoms with Crippen LogP contribution in [0.4, 0.5) is 0 Å². The highest BCUT2D eigenvalue weighted by molar-refractivity contribution is 9.10. The summed E-state index contributed by atoms with van der Waals surface area (Å²) in [5.41, 5.74) is 2.00. The fourth-order valence-electron chi connectivity index (χ4n) is 2.72. The third kappa shape index (κ3) is 2.78. The number of methoxy groups -OCH3 is 1. The SMILES string of the molecule is COC1(Cc2ccccc2O)CCc2cccc(Br)c2O1. The first-order chi connectivity index (χ1) is 10.1. The van der Waals surface area contributed by atoms with E-state index in [0.717, 1.165) is 28.6 Å². The summed E-state index contributed by atoms with van der Waals surface area (Å²) in [6.07, 6.45) is 2.15. The lowest BCUT2D eigenvalue weighted by Crippen LogP contribution is -2.43. The molecule has 1 aliphatic rings. The maximum absolute atomic E-state index is 9.98. The normalized spacial score (nSPS) is 20.7. The summed E-state index contributed by atoms with van der Waals surface area (Å²) < 4.78 is 12.8. The molecule has 110 valence electrons. The molecule has 0 bridgehead atoms. The van der Waals surface area contributed by atoms with Crippen LogP contribution in [0.5, 0.6) is 11.5 Å². The van der Waals surface area contributed by atoms with Crippen LogP contribution in [-0.4, -0.2) is 18.0 Å². The molecule has 1 N–H and O–H groups in total. The van der Waals surface area contributed by atoms with Crippen LogP contribution in [0.1, 0.15) is 17.5 Å². The van der Waals surface area contributed by atoms with Gasteiger partial charge in [0.25, 0.3) is 0 Å². The van der Waals surface area contributed by atoms with Crippen molar-refractivity contribution in [3.63, 3.8) is 0 Å². The number of rotatable bonds is 3. The highest BCUT2D eigenvalue weighted by atomic mass is 79.9. The van der Waals surface area contributed by atoms with Gasteiger partial charge in [0.2, 0.25) is 5.79 Å². The van der Waals surface area contributed by atoms with Crippen LogP contribution in [0.3, 0.4) is 0 Å². The summed E-state index contributed by atoms with van der Waals surface area (Å²) in [6.45, 7) is 0. The number of benzene rings is 2. The van der Waals surface area contributed by atoms with Crippen molar-refractivity contribution in [1.29, 1.82) is 0 Å². The maximum atomic E-state index is 9.98. The van der Waals surface area contributed by atoms with Crippen LogP contribution >= 0.6 is 15.9 Å². The van der Waals surface area contributed by atoms with Gasteiger partial charge in [-0.3, -0.25) is 0 Å². The summed E-state index contributed by atoms with van der Waals surface area (Å²) in [7, 11) is 1.65. The molecule has 21 heavy (non-hydrogen) atoms. The van der Waals surface area contributed by atoms with Gasteiger partial charge >= 0.3 is 0 Å². The van der Waals surface area contributed by atoms with Gasteiger partial charge in [0.1, 0.15) is 11.5 Å². The van der Waals surface area contributed by atoms with Gasteiger partial charge in [-0.2, -0.15) is 0 Å². The number of hydrogen-bond donors (Lipinski definition) is 1. The molecule has 1 unspecified atom stereocenters. The molecule has 3 rings (SSSR count). The van der Waals surface area contributed by atoms with Gasteiger partial charge in [-0.15, -0.1) is 0 Å². The second-order valence-corrected chi connectivity index (χ2v) is 6.10. The number of ether oxygens (including phenoxy) is 2. The first kappa shape index (κ1) is 14.4. The Morgan fingerprint density at radius 1 is 1.24 bits per heavy atom. The van der Waals surface area contributed by atoms with Crippen molar-refractivity contribution in [2.45, 2.75) is 25.0 Å². The maximum Gasteiger partial charge on any atom is 0.214 e. The Hall–Kier alpha value is -1.52. The lowest BCUT2D eigenvalue weighted by Gasteiger charge is -2.38. The molecule has 4 heteroatoms. The number of para-hydroxylation sites is 2. The first-order valence-corrected chi connectivity index (χ1v) is 7.71. The molecule has 0 spiro atoms. The molecule has 0 aliphatic carbocycles. The van der Waals surface area contributed by atoms with Crippen molar-refractivity contribution in [2.24, 2.45) is 0 Å². The first-order valence-electron chi connectivity index (χ1n) is 6.92. The third-order valence-electron chi connectivity index (χ3n) is 3.94. The van der Waals surface area contributed by atoms with Crippen molar-refractivity contribution in [1.82, 2.24) is 0 Å². The topological polar surface area (TPSA) is 38.7 Å². The number of aryl methyl sites for hydroxylation is 1. The van der Waals surface area contributed by atoms with Crippen LogP contribution in [0.2, 0.25) is 0 Å². The number of phenolic OH excluding ortho intramolecular Hbond substituents is 1. The highest BCUT2D eigenvalue weighted by Gasteiger charge is 2.38. The van der Waals surface area contributed by atoms with E-state index < -0.39 is 5.79 Å². The van der Waals surface area contributed by atoms with Crippen molar-refractivity contribution < 1.29 is 14.6 Å². The summed E-state index contributed by atoms with van der Waals surface area (Å²) in [5.74, 6) is 0.367. The van der Waals surface area contributed by atoms with Gasteiger partial charge in [-0.25, -0.2) is 0 Å². The Labute approximate surface area is 132 Å². The summed E-state index contributed by atoms with van der Waals surface area (Å²) in [5, 5.41) is 9.98. The van der Waals surface area contributed by atoms with Gasteiger partial charge in [0.05, 0.1) is 4.47 Å². The summed E-state index contributed by atoms with van der Waals surface area (Å²) in [4.78, 5) is 0. The van der Waals surface area contributed by atoms with Gasteiger partial charge in [0.15, 0.2) is 0 Å². The van der Waals surface area contributed by atoms with Crippen LogP contribution in [-0.2, 0) is 17.6 Å². The zero-order valence-corrected chi connectivity index (χ0v) is 13.4. The molecule has 0 saturated heterocycles. The molecule has 3 nitrogen and oxygen atoms in total. The predicted molar refractivity (Wildman–Crippen MR) is 84.6 cm³/mol. The highest BCUT2D eigenvalue weighted by Crippen LogP contribution is 2.40. The third-order valence-corrected chi connectivity index (χ3v) is 4.56. The molecule has 2 aromatic carbocycles. The smallest absolute Gasteiger partial charge is 0.214 e. The number of aromatic hydroxyl groups is 1. The van der Waals surface area contributed by atoms with Crippen molar-refractivity contribution in [3.8, 4) is 11.5 Å². The zero-order valence-electron chi connectivity index (χ0n) is 11.8. The van der Waals surface area contributed by atoms with Gasteiger partial charge in [-0.1, -0.05) is 30.3 Å². The van der Waals surface area contributed by atoms with Gasteiger partial charge in [0, 0.05) is 25.5 Å². The Kier molecular flexibility index (Phi) is 3.91. The minimum atomic E-state index is -0.740. The average Bonchev–Trinajstić information content (AvgIpc) is 2.51. The molecule has 0 amide bonds. The molecule has 1 atom stereocenters. The quantitative estimate of drug-likeness (QED) is 0.908. The summed E-state index contributed by atoms with van der Waals surface area (Å²) in [6, 6.07) is 13.3. The van der Waals surface area contributed by atoms with Crippen LogP contribution in [0.15, 0.2) is 46.9 Å². The number of hydrogen-bond acceptors (Lipinski definition) is 3. The van der Waals surface area contributed by atoms with E-state index in [4.69, 9.17) is 9.47 Å². The summed E-state index contributed by atoms with van der Waals surface area (Å²) >= 11 is 3.53.